The minimum atomic E-state index is 0.352. The monoisotopic (exact) mass is 252 g/mol. The van der Waals surface area contributed by atoms with E-state index >= 15 is 0 Å². The number of nitrogens with two attached hydrogens (primary N) is 1. The van der Waals surface area contributed by atoms with Gasteiger partial charge in [0, 0.05) is 25.9 Å². The van der Waals surface area contributed by atoms with E-state index in [1.165, 1.54) is 12.8 Å². The molecule has 1 heterocycles. The van der Waals surface area contributed by atoms with Crippen molar-refractivity contribution in [1.82, 2.24) is 9.78 Å². The maximum atomic E-state index is 5.70. The molecule has 0 aromatic carbocycles. The Labute approximate surface area is 111 Å². The second kappa shape index (κ2) is 6.78. The van der Waals surface area contributed by atoms with Crippen LogP contribution in [0.2, 0.25) is 0 Å². The van der Waals surface area contributed by atoms with E-state index in [0.717, 1.165) is 25.3 Å². The molecule has 104 valence electrons. The van der Waals surface area contributed by atoms with Crippen LogP contribution in [0.5, 0.6) is 0 Å². The third-order valence-corrected chi connectivity index (χ3v) is 3.49. The van der Waals surface area contributed by atoms with E-state index in [1.807, 2.05) is 24.0 Å². The summed E-state index contributed by atoms with van der Waals surface area (Å²) in [5, 5.41) is 7.65. The number of anilines is 1. The SMILES string of the molecule is Cn1ccc(NCCCC(CCN)C(C)(C)C)n1. The second-order valence-electron chi connectivity index (χ2n) is 6.08. The molecule has 18 heavy (non-hydrogen) atoms. The van der Waals surface area contributed by atoms with E-state index in [9.17, 15) is 0 Å². The van der Waals surface area contributed by atoms with Gasteiger partial charge in [0.1, 0.15) is 5.82 Å². The minimum Gasteiger partial charge on any atom is -0.369 e. The molecule has 1 unspecified atom stereocenters. The number of aryl methyl sites for hydroxylation is 1. The van der Waals surface area contributed by atoms with Gasteiger partial charge in [-0.15, -0.1) is 0 Å². The molecular formula is C14H28N4. The summed E-state index contributed by atoms with van der Waals surface area (Å²) in [6.45, 7) is 8.68. The number of nitrogens with zero attached hydrogens (tertiary/aromatic N) is 2. The van der Waals surface area contributed by atoms with Gasteiger partial charge < -0.3 is 11.1 Å². The van der Waals surface area contributed by atoms with Crippen molar-refractivity contribution in [3.8, 4) is 0 Å². The molecule has 0 radical (unpaired) electrons. The molecule has 4 heteroatoms. The van der Waals surface area contributed by atoms with Gasteiger partial charge in [0.25, 0.3) is 0 Å². The molecule has 1 aromatic heterocycles. The van der Waals surface area contributed by atoms with Crippen LogP contribution in [-0.2, 0) is 7.05 Å². The van der Waals surface area contributed by atoms with Crippen LogP contribution in [0.1, 0.15) is 40.0 Å². The molecule has 0 spiro atoms. The fourth-order valence-corrected chi connectivity index (χ4v) is 2.29. The smallest absolute Gasteiger partial charge is 0.147 e. The predicted molar refractivity (Wildman–Crippen MR) is 77.5 cm³/mol. The van der Waals surface area contributed by atoms with E-state index in [4.69, 9.17) is 5.73 Å². The highest BCUT2D eigenvalue weighted by atomic mass is 15.3. The molecule has 3 N–H and O–H groups in total. The number of aromatic nitrogens is 2. The van der Waals surface area contributed by atoms with Gasteiger partial charge in [0.05, 0.1) is 0 Å². The Balaban J connectivity index is 2.26. The second-order valence-corrected chi connectivity index (χ2v) is 6.08. The van der Waals surface area contributed by atoms with Crippen LogP contribution < -0.4 is 11.1 Å². The van der Waals surface area contributed by atoms with Gasteiger partial charge in [0.2, 0.25) is 0 Å². The lowest BCUT2D eigenvalue weighted by Crippen LogP contribution is -2.24. The Kier molecular flexibility index (Phi) is 5.66. The summed E-state index contributed by atoms with van der Waals surface area (Å²) < 4.78 is 1.81. The molecule has 1 rings (SSSR count). The average molecular weight is 252 g/mol. The lowest BCUT2D eigenvalue weighted by Gasteiger charge is -2.30. The fourth-order valence-electron chi connectivity index (χ4n) is 2.29. The maximum absolute atomic E-state index is 5.70. The van der Waals surface area contributed by atoms with Crippen molar-refractivity contribution in [1.29, 1.82) is 0 Å². The van der Waals surface area contributed by atoms with E-state index < -0.39 is 0 Å². The van der Waals surface area contributed by atoms with Crippen LogP contribution in [0.3, 0.4) is 0 Å². The Morgan fingerprint density at radius 3 is 2.61 bits per heavy atom. The third kappa shape index (κ3) is 5.08. The molecule has 1 atom stereocenters. The third-order valence-electron chi connectivity index (χ3n) is 3.49. The Bertz CT molecular complexity index is 338. The van der Waals surface area contributed by atoms with Crippen molar-refractivity contribution in [3.05, 3.63) is 12.3 Å². The van der Waals surface area contributed by atoms with Gasteiger partial charge >= 0.3 is 0 Å². The van der Waals surface area contributed by atoms with Gasteiger partial charge in [-0.1, -0.05) is 20.8 Å². The lowest BCUT2D eigenvalue weighted by atomic mass is 9.76. The van der Waals surface area contributed by atoms with Gasteiger partial charge in [-0.05, 0) is 37.1 Å². The topological polar surface area (TPSA) is 55.9 Å². The molecule has 0 saturated carbocycles. The number of rotatable bonds is 7. The van der Waals surface area contributed by atoms with Crippen LogP contribution in [0.15, 0.2) is 12.3 Å². The van der Waals surface area contributed by atoms with Crippen molar-refractivity contribution < 1.29 is 0 Å². The van der Waals surface area contributed by atoms with E-state index in [1.54, 1.807) is 0 Å². The highest BCUT2D eigenvalue weighted by molar-refractivity contribution is 5.31. The minimum absolute atomic E-state index is 0.352. The van der Waals surface area contributed by atoms with Gasteiger partial charge in [-0.3, -0.25) is 4.68 Å². The Morgan fingerprint density at radius 2 is 2.11 bits per heavy atom. The zero-order valence-corrected chi connectivity index (χ0v) is 12.2. The van der Waals surface area contributed by atoms with Gasteiger partial charge in [-0.2, -0.15) is 5.10 Å². The summed E-state index contributed by atoms with van der Waals surface area (Å²) in [7, 11) is 1.93. The number of hydrogen-bond acceptors (Lipinski definition) is 3. The molecule has 4 nitrogen and oxygen atoms in total. The fraction of sp³-hybridized carbons (Fsp3) is 0.786. The van der Waals surface area contributed by atoms with Crippen LogP contribution in [0.4, 0.5) is 5.82 Å². The highest BCUT2D eigenvalue weighted by Crippen LogP contribution is 2.31. The molecule has 0 fully saturated rings. The normalized spacial score (nSPS) is 13.6. The standard InChI is InChI=1S/C14H28N4/c1-14(2,3)12(7-9-15)6-5-10-16-13-8-11-18(4)17-13/h8,11-12H,5-7,9-10,15H2,1-4H3,(H,16,17). The number of nitrogens with one attached hydrogen (secondary N) is 1. The van der Waals surface area contributed by atoms with Crippen LogP contribution in [0.25, 0.3) is 0 Å². The van der Waals surface area contributed by atoms with Crippen LogP contribution in [0, 0.1) is 11.3 Å². The summed E-state index contributed by atoms with van der Waals surface area (Å²) >= 11 is 0. The summed E-state index contributed by atoms with van der Waals surface area (Å²) in [5.41, 5.74) is 6.05. The Morgan fingerprint density at radius 1 is 1.39 bits per heavy atom. The highest BCUT2D eigenvalue weighted by Gasteiger charge is 2.22. The van der Waals surface area contributed by atoms with E-state index in [-0.39, 0.29) is 0 Å². The number of hydrogen-bond donors (Lipinski definition) is 2. The van der Waals surface area contributed by atoms with E-state index in [0.29, 0.717) is 11.3 Å². The zero-order valence-electron chi connectivity index (χ0n) is 12.2. The first kappa shape index (κ1) is 15.0. The summed E-state index contributed by atoms with van der Waals surface area (Å²) in [6, 6.07) is 2.00. The van der Waals surface area contributed by atoms with Crippen molar-refractivity contribution in [2.24, 2.45) is 24.1 Å². The average Bonchev–Trinajstić information content (AvgIpc) is 2.67. The molecule has 0 aliphatic rings. The zero-order chi connectivity index (χ0) is 13.6. The quantitative estimate of drug-likeness (QED) is 0.733. The molecule has 0 saturated heterocycles. The van der Waals surface area contributed by atoms with Crippen LogP contribution >= 0.6 is 0 Å². The van der Waals surface area contributed by atoms with Crippen molar-refractivity contribution in [2.75, 3.05) is 18.4 Å². The first-order valence-corrected chi connectivity index (χ1v) is 6.87. The van der Waals surface area contributed by atoms with E-state index in [2.05, 4.69) is 31.2 Å². The van der Waals surface area contributed by atoms with Gasteiger partial charge in [-0.25, -0.2) is 0 Å². The largest absolute Gasteiger partial charge is 0.369 e. The Hall–Kier alpha value is -1.03. The first-order chi connectivity index (χ1) is 8.43. The first-order valence-electron chi connectivity index (χ1n) is 6.87. The molecule has 0 amide bonds. The summed E-state index contributed by atoms with van der Waals surface area (Å²) in [5.74, 6) is 1.66. The summed E-state index contributed by atoms with van der Waals surface area (Å²) in [4.78, 5) is 0. The molecule has 1 aromatic rings. The van der Waals surface area contributed by atoms with Crippen molar-refractivity contribution >= 4 is 5.82 Å². The molecule has 0 aliphatic carbocycles. The van der Waals surface area contributed by atoms with Crippen molar-refractivity contribution in [2.45, 2.75) is 40.0 Å². The van der Waals surface area contributed by atoms with Crippen molar-refractivity contribution in [3.63, 3.8) is 0 Å². The maximum Gasteiger partial charge on any atom is 0.147 e. The predicted octanol–water partition coefficient (Wildman–Crippen LogP) is 2.62. The molecular weight excluding hydrogens is 224 g/mol. The molecule has 0 bridgehead atoms. The lowest BCUT2D eigenvalue weighted by molar-refractivity contribution is 0.212. The van der Waals surface area contributed by atoms with Crippen LogP contribution in [-0.4, -0.2) is 22.9 Å². The summed E-state index contributed by atoms with van der Waals surface area (Å²) in [6.07, 6.45) is 5.46. The van der Waals surface area contributed by atoms with Gasteiger partial charge in [0.15, 0.2) is 0 Å². The molecule has 0 aliphatic heterocycles.